The molecule has 1 fully saturated rings. The van der Waals surface area contributed by atoms with Crippen LogP contribution in [0.1, 0.15) is 51.4 Å². The molecule has 2 amide bonds. The SMILES string of the molecule is C=CC(=O)CCC(CCC(=O)C=C)(COC(=O)C=C)COC(=O)NCC1CCCC(CNC(=O)OCC(COC(=O)C=C)(COC(=O)C=C)COC(=O)C=C)C1. The van der Waals surface area contributed by atoms with Crippen LogP contribution in [-0.2, 0) is 57.2 Å². The molecule has 2 unspecified atom stereocenters. The van der Waals surface area contributed by atoms with Crippen LogP contribution in [-0.4, -0.2) is 100 Å². The first kappa shape index (κ1) is 48.2. The van der Waals surface area contributed by atoms with Crippen LogP contribution in [0.25, 0.3) is 0 Å². The summed E-state index contributed by atoms with van der Waals surface area (Å²) in [4.78, 5) is 97.2. The molecule has 2 N–H and O–H groups in total. The number of hydrogen-bond acceptors (Lipinski definition) is 14. The Kier molecular flexibility index (Phi) is 22.5. The lowest BCUT2D eigenvalue weighted by atomic mass is 9.79. The number of ether oxygens (including phenoxy) is 6. The second-order valence-electron chi connectivity index (χ2n) is 13.4. The zero-order chi connectivity index (χ0) is 42.0. The standard InChI is InChI=1S/C40H54N2O14/c1-7-31(43)16-18-39(19-17-32(44)8-2,23-51-33(45)9-3)24-55-37(49)41-21-29-14-13-15-30(20-29)22-42-38(50)56-28-40(25-52-34(46)10-4,26-53-35(47)11-5)27-54-36(48)12-6/h7-12,29-30H,1-6,13-28H2,(H,41,49)(H,42,50). The van der Waals surface area contributed by atoms with Gasteiger partial charge in [-0.2, -0.15) is 0 Å². The lowest BCUT2D eigenvalue weighted by molar-refractivity contribution is -0.159. The molecule has 16 heteroatoms. The molecule has 1 aliphatic carbocycles. The van der Waals surface area contributed by atoms with Gasteiger partial charge in [-0.25, -0.2) is 28.8 Å². The number of nitrogens with one attached hydrogen (secondary N) is 2. The molecule has 1 saturated carbocycles. The van der Waals surface area contributed by atoms with E-state index in [1.807, 2.05) is 0 Å². The minimum absolute atomic E-state index is 0.0236. The molecule has 0 aromatic rings. The lowest BCUT2D eigenvalue weighted by Crippen LogP contribution is -2.45. The number of rotatable bonds is 28. The Labute approximate surface area is 327 Å². The number of hydrogen-bond donors (Lipinski definition) is 2. The van der Waals surface area contributed by atoms with E-state index in [-0.39, 0.29) is 75.4 Å². The van der Waals surface area contributed by atoms with E-state index >= 15 is 0 Å². The van der Waals surface area contributed by atoms with Gasteiger partial charge in [-0.1, -0.05) is 45.9 Å². The number of allylic oxidation sites excluding steroid dienone is 2. The van der Waals surface area contributed by atoms with Gasteiger partial charge in [0.2, 0.25) is 0 Å². The first-order chi connectivity index (χ1) is 26.7. The minimum atomic E-state index is -1.48. The summed E-state index contributed by atoms with van der Waals surface area (Å²) in [7, 11) is 0. The quantitative estimate of drug-likeness (QED) is 0.0646. The average molecular weight is 787 g/mol. The van der Waals surface area contributed by atoms with Gasteiger partial charge in [0.15, 0.2) is 11.6 Å². The second-order valence-corrected chi connectivity index (χ2v) is 13.4. The van der Waals surface area contributed by atoms with E-state index in [0.717, 1.165) is 55.7 Å². The zero-order valence-corrected chi connectivity index (χ0v) is 31.9. The van der Waals surface area contributed by atoms with Gasteiger partial charge < -0.3 is 39.1 Å². The Balaban J connectivity index is 2.85. The molecule has 1 aliphatic rings. The molecule has 0 bridgehead atoms. The van der Waals surface area contributed by atoms with Crippen molar-refractivity contribution in [2.45, 2.75) is 51.4 Å². The van der Waals surface area contributed by atoms with Crippen LogP contribution < -0.4 is 10.6 Å². The fraction of sp³-hybridized carbons (Fsp3) is 0.500. The van der Waals surface area contributed by atoms with Crippen molar-refractivity contribution in [3.05, 3.63) is 75.9 Å². The van der Waals surface area contributed by atoms with Crippen molar-refractivity contribution in [1.82, 2.24) is 10.6 Å². The third kappa shape index (κ3) is 19.5. The van der Waals surface area contributed by atoms with Crippen LogP contribution in [0, 0.1) is 22.7 Å². The summed E-state index contributed by atoms with van der Waals surface area (Å²) in [6.45, 7) is 18.5. The molecule has 2 atom stereocenters. The Hall–Kier alpha value is -5.80. The Bertz CT molecular complexity index is 1240. The molecule has 56 heavy (non-hydrogen) atoms. The van der Waals surface area contributed by atoms with Gasteiger partial charge in [-0.05, 0) is 56.1 Å². The average Bonchev–Trinajstić information content (AvgIpc) is 3.22. The van der Waals surface area contributed by atoms with Crippen LogP contribution in [0.5, 0.6) is 0 Å². The van der Waals surface area contributed by atoms with E-state index in [1.54, 1.807) is 0 Å². The number of amides is 2. The normalized spacial score (nSPS) is 14.9. The Morgan fingerprint density at radius 2 is 0.804 bits per heavy atom. The highest BCUT2D eigenvalue weighted by atomic mass is 16.6. The largest absolute Gasteiger partial charge is 0.462 e. The first-order valence-corrected chi connectivity index (χ1v) is 18.0. The molecule has 0 heterocycles. The molecule has 308 valence electrons. The van der Waals surface area contributed by atoms with Crippen molar-refractivity contribution in [3.8, 4) is 0 Å². The lowest BCUT2D eigenvalue weighted by Gasteiger charge is -2.33. The van der Waals surface area contributed by atoms with Crippen molar-refractivity contribution >= 4 is 47.6 Å². The predicted octanol–water partition coefficient (Wildman–Crippen LogP) is 4.21. The van der Waals surface area contributed by atoms with Crippen LogP contribution >= 0.6 is 0 Å². The molecular formula is C40H54N2O14. The highest BCUT2D eigenvalue weighted by Gasteiger charge is 2.38. The van der Waals surface area contributed by atoms with Gasteiger partial charge in [-0.3, -0.25) is 9.59 Å². The molecule has 1 rings (SSSR count). The second kappa shape index (κ2) is 26.1. The van der Waals surface area contributed by atoms with Gasteiger partial charge in [0.1, 0.15) is 45.1 Å². The number of ketones is 2. The topological polar surface area (TPSA) is 216 Å². The Morgan fingerprint density at radius 1 is 0.482 bits per heavy atom. The summed E-state index contributed by atoms with van der Waals surface area (Å²) in [5, 5.41) is 5.46. The van der Waals surface area contributed by atoms with E-state index in [2.05, 4.69) is 50.1 Å². The van der Waals surface area contributed by atoms with Crippen molar-refractivity contribution in [2.75, 3.05) is 52.7 Å². The smallest absolute Gasteiger partial charge is 0.407 e. The highest BCUT2D eigenvalue weighted by molar-refractivity contribution is 5.89. The van der Waals surface area contributed by atoms with Crippen LogP contribution in [0.4, 0.5) is 9.59 Å². The van der Waals surface area contributed by atoms with Crippen molar-refractivity contribution < 1.29 is 66.8 Å². The van der Waals surface area contributed by atoms with Gasteiger partial charge >= 0.3 is 36.1 Å². The fourth-order valence-corrected chi connectivity index (χ4v) is 5.59. The van der Waals surface area contributed by atoms with E-state index in [4.69, 9.17) is 28.4 Å². The van der Waals surface area contributed by atoms with E-state index < -0.39 is 73.3 Å². The third-order valence-corrected chi connectivity index (χ3v) is 8.99. The minimum Gasteiger partial charge on any atom is -0.462 e. The van der Waals surface area contributed by atoms with E-state index in [9.17, 15) is 38.4 Å². The third-order valence-electron chi connectivity index (χ3n) is 8.99. The van der Waals surface area contributed by atoms with Crippen LogP contribution in [0.3, 0.4) is 0 Å². The number of carbonyl (C=O) groups excluding carboxylic acids is 8. The molecular weight excluding hydrogens is 732 g/mol. The molecule has 16 nitrogen and oxygen atoms in total. The molecule has 0 aliphatic heterocycles. The predicted molar refractivity (Wildman–Crippen MR) is 203 cm³/mol. The van der Waals surface area contributed by atoms with Crippen molar-refractivity contribution in [2.24, 2.45) is 22.7 Å². The van der Waals surface area contributed by atoms with Crippen LogP contribution in [0.15, 0.2) is 75.9 Å². The number of alkyl carbamates (subject to hydrolysis) is 2. The van der Waals surface area contributed by atoms with E-state index in [1.165, 1.54) is 0 Å². The monoisotopic (exact) mass is 786 g/mol. The maximum atomic E-state index is 12.9. The maximum absolute atomic E-state index is 12.9. The molecule has 0 aromatic carbocycles. The van der Waals surface area contributed by atoms with Gasteiger partial charge in [0.25, 0.3) is 0 Å². The summed E-state index contributed by atoms with van der Waals surface area (Å²) in [6, 6.07) is 0. The summed E-state index contributed by atoms with van der Waals surface area (Å²) in [6.07, 6.45) is 7.85. The summed E-state index contributed by atoms with van der Waals surface area (Å²) in [5.41, 5.74) is -2.53. The number of esters is 4. The highest BCUT2D eigenvalue weighted by Crippen LogP contribution is 2.32. The summed E-state index contributed by atoms with van der Waals surface area (Å²) in [5.74, 6) is -3.62. The van der Waals surface area contributed by atoms with Crippen LogP contribution in [0.2, 0.25) is 0 Å². The summed E-state index contributed by atoms with van der Waals surface area (Å²) < 4.78 is 31.7. The fourth-order valence-electron chi connectivity index (χ4n) is 5.59. The molecule has 0 spiro atoms. The van der Waals surface area contributed by atoms with Crippen molar-refractivity contribution in [1.29, 1.82) is 0 Å². The number of carbonyl (C=O) groups is 8. The molecule has 0 radical (unpaired) electrons. The first-order valence-electron chi connectivity index (χ1n) is 18.0. The maximum Gasteiger partial charge on any atom is 0.407 e. The molecule has 0 aromatic heterocycles. The van der Waals surface area contributed by atoms with E-state index in [0.29, 0.717) is 6.42 Å². The van der Waals surface area contributed by atoms with Gasteiger partial charge in [0.05, 0.1) is 0 Å². The van der Waals surface area contributed by atoms with Gasteiger partial charge in [-0.15, -0.1) is 0 Å². The van der Waals surface area contributed by atoms with Gasteiger partial charge in [0, 0.05) is 55.7 Å². The molecule has 0 saturated heterocycles. The van der Waals surface area contributed by atoms with Crippen molar-refractivity contribution in [3.63, 3.8) is 0 Å². The zero-order valence-electron chi connectivity index (χ0n) is 31.9. The summed E-state index contributed by atoms with van der Waals surface area (Å²) >= 11 is 0. The Morgan fingerprint density at radius 3 is 1.14 bits per heavy atom.